The molecule has 0 radical (unpaired) electrons. The first kappa shape index (κ1) is 15.8. The molecule has 1 rings (SSSR count). The monoisotopic (exact) mass is 250 g/mol. The molecule has 0 aliphatic heterocycles. The summed E-state index contributed by atoms with van der Waals surface area (Å²) in [6.45, 7) is 1.50. The Morgan fingerprint density at radius 2 is 1.81 bits per heavy atom. The van der Waals surface area contributed by atoms with Crippen LogP contribution in [0.3, 0.4) is 0 Å². The molecular weight excluding hydrogens is 239 g/mol. The smallest absolute Gasteiger partial charge is 0.747 e. The van der Waals surface area contributed by atoms with Gasteiger partial charge >= 0.3 is 29.6 Å². The van der Waals surface area contributed by atoms with Crippen molar-refractivity contribution in [2.75, 3.05) is 0 Å². The maximum absolute atomic E-state index is 11.6. The Labute approximate surface area is 117 Å². The number of ketones is 1. The third-order valence-electron chi connectivity index (χ3n) is 2.07. The quantitative estimate of drug-likeness (QED) is 0.359. The molecule has 0 aromatic heterocycles. The summed E-state index contributed by atoms with van der Waals surface area (Å²) in [6, 6.07) is 7.95. The Morgan fingerprint density at radius 3 is 2.19 bits per heavy atom. The second-order valence-electron chi connectivity index (χ2n) is 3.12. The first-order valence-electron chi connectivity index (χ1n) is 4.50. The molecule has 0 saturated carbocycles. The minimum atomic E-state index is -4.56. The molecule has 0 saturated heterocycles. The summed E-state index contributed by atoms with van der Waals surface area (Å²) in [6.07, 6.45) is -0.000436. The van der Waals surface area contributed by atoms with Crippen molar-refractivity contribution in [3.8, 4) is 0 Å². The summed E-state index contributed by atoms with van der Waals surface area (Å²) in [7, 11) is -4.56. The number of hydrogen-bond acceptors (Lipinski definition) is 4. The molecule has 0 aliphatic carbocycles. The number of rotatable bonds is 4. The van der Waals surface area contributed by atoms with Crippen molar-refractivity contribution in [1.29, 1.82) is 0 Å². The Hall–Kier alpha value is -0.200. The fourth-order valence-electron chi connectivity index (χ4n) is 1.31. The van der Waals surface area contributed by atoms with Gasteiger partial charge in [-0.3, -0.25) is 4.79 Å². The van der Waals surface area contributed by atoms with Gasteiger partial charge in [-0.05, 0) is 6.42 Å². The van der Waals surface area contributed by atoms with Crippen LogP contribution >= 0.6 is 0 Å². The van der Waals surface area contributed by atoms with Crippen LogP contribution in [0.4, 0.5) is 0 Å². The molecule has 0 fully saturated rings. The van der Waals surface area contributed by atoms with Gasteiger partial charge in [0.15, 0.2) is 5.78 Å². The third-order valence-corrected chi connectivity index (χ3v) is 3.31. The number of Topliss-reactive ketones (excluding diaryl/α,β-unsaturated/α-hetero) is 1. The maximum atomic E-state index is 11.6. The number of carbonyl (C=O) groups excluding carboxylic acids is 1. The van der Waals surface area contributed by atoms with Crippen molar-refractivity contribution < 1.29 is 47.3 Å². The molecule has 1 unspecified atom stereocenters. The molecule has 0 heterocycles. The fourth-order valence-corrected chi connectivity index (χ4v) is 2.12. The van der Waals surface area contributed by atoms with Crippen molar-refractivity contribution in [3.63, 3.8) is 0 Å². The normalized spacial score (nSPS) is 12.6. The van der Waals surface area contributed by atoms with E-state index in [1.165, 1.54) is 19.1 Å². The molecule has 1 atom stereocenters. The van der Waals surface area contributed by atoms with Crippen molar-refractivity contribution in [2.45, 2.75) is 18.6 Å². The van der Waals surface area contributed by atoms with Crippen molar-refractivity contribution in [3.05, 3.63) is 35.9 Å². The van der Waals surface area contributed by atoms with Gasteiger partial charge in [0.2, 0.25) is 0 Å². The molecule has 82 valence electrons. The zero-order valence-corrected chi connectivity index (χ0v) is 12.0. The third kappa shape index (κ3) is 3.99. The van der Waals surface area contributed by atoms with E-state index in [2.05, 4.69) is 0 Å². The Morgan fingerprint density at radius 1 is 1.31 bits per heavy atom. The van der Waals surface area contributed by atoms with Crippen LogP contribution < -0.4 is 29.6 Å². The molecule has 4 nitrogen and oxygen atoms in total. The minimum absolute atomic E-state index is 0. The molecule has 0 spiro atoms. The van der Waals surface area contributed by atoms with Gasteiger partial charge in [-0.15, -0.1) is 0 Å². The summed E-state index contributed by atoms with van der Waals surface area (Å²) in [4.78, 5) is 11.6. The number of benzene rings is 1. The van der Waals surface area contributed by atoms with Crippen LogP contribution in [0.15, 0.2) is 30.3 Å². The molecule has 1 aromatic carbocycles. The molecule has 1 aromatic rings. The van der Waals surface area contributed by atoms with Crippen LogP contribution in [0.5, 0.6) is 0 Å². The zero-order chi connectivity index (χ0) is 11.5. The molecule has 0 amide bonds. The van der Waals surface area contributed by atoms with Crippen LogP contribution in [0.1, 0.15) is 23.7 Å². The Balaban J connectivity index is 0.00000225. The van der Waals surface area contributed by atoms with Crippen LogP contribution in [0.2, 0.25) is 0 Å². The van der Waals surface area contributed by atoms with E-state index in [0.717, 1.165) is 0 Å². The largest absolute Gasteiger partial charge is 1.00 e. The van der Waals surface area contributed by atoms with Crippen molar-refractivity contribution >= 4 is 15.9 Å². The molecule has 6 heteroatoms. The van der Waals surface area contributed by atoms with Crippen molar-refractivity contribution in [2.24, 2.45) is 0 Å². The second kappa shape index (κ2) is 6.51. The topological polar surface area (TPSA) is 74.3 Å². The van der Waals surface area contributed by atoms with E-state index >= 15 is 0 Å². The standard InChI is InChI=1S/C10H12O4S.Na/c1-2-9(15(12,13)14)10(11)8-6-4-3-5-7-8;/h3-7,9H,2H2,1H3,(H,12,13,14);/q;+1/p-1. The number of hydrogen-bond donors (Lipinski definition) is 0. The first-order chi connectivity index (χ1) is 6.96. The Kier molecular flexibility index (Phi) is 6.43. The van der Waals surface area contributed by atoms with Crippen LogP contribution in [-0.2, 0) is 10.1 Å². The van der Waals surface area contributed by atoms with Gasteiger partial charge in [-0.1, -0.05) is 37.3 Å². The van der Waals surface area contributed by atoms with E-state index in [4.69, 9.17) is 0 Å². The van der Waals surface area contributed by atoms with Crippen LogP contribution in [-0.4, -0.2) is 24.0 Å². The molecular formula is C10H11NaO4S. The summed E-state index contributed by atoms with van der Waals surface area (Å²) >= 11 is 0. The van der Waals surface area contributed by atoms with E-state index in [9.17, 15) is 17.8 Å². The van der Waals surface area contributed by atoms with E-state index in [0.29, 0.717) is 0 Å². The van der Waals surface area contributed by atoms with Gasteiger partial charge in [0, 0.05) is 5.56 Å². The maximum Gasteiger partial charge on any atom is 1.00 e. The van der Waals surface area contributed by atoms with E-state index in [1.807, 2.05) is 0 Å². The second-order valence-corrected chi connectivity index (χ2v) is 4.67. The van der Waals surface area contributed by atoms with Crippen molar-refractivity contribution in [1.82, 2.24) is 0 Å². The Bertz CT molecular complexity index is 441. The number of carbonyl (C=O) groups is 1. The predicted octanol–water partition coefficient (Wildman–Crippen LogP) is -1.80. The van der Waals surface area contributed by atoms with E-state index in [1.54, 1.807) is 18.2 Å². The summed E-state index contributed by atoms with van der Waals surface area (Å²) in [5.74, 6) is -0.631. The average molecular weight is 250 g/mol. The van der Waals surface area contributed by atoms with Gasteiger partial charge in [-0.25, -0.2) is 8.42 Å². The van der Waals surface area contributed by atoms with E-state index in [-0.39, 0.29) is 41.5 Å². The summed E-state index contributed by atoms with van der Waals surface area (Å²) in [5, 5.41) is -1.47. The van der Waals surface area contributed by atoms with Gasteiger partial charge < -0.3 is 4.55 Å². The fraction of sp³-hybridized carbons (Fsp3) is 0.300. The van der Waals surface area contributed by atoms with Gasteiger partial charge in [0.1, 0.15) is 15.4 Å². The average Bonchev–Trinajstić information content (AvgIpc) is 2.18. The van der Waals surface area contributed by atoms with Gasteiger partial charge in [0.25, 0.3) is 0 Å². The summed E-state index contributed by atoms with van der Waals surface area (Å²) < 4.78 is 32.4. The van der Waals surface area contributed by atoms with Crippen LogP contribution in [0, 0.1) is 0 Å². The predicted molar refractivity (Wildman–Crippen MR) is 54.5 cm³/mol. The zero-order valence-electron chi connectivity index (χ0n) is 9.21. The summed E-state index contributed by atoms with van der Waals surface area (Å²) in [5.41, 5.74) is 0.253. The molecule has 0 N–H and O–H groups in total. The van der Waals surface area contributed by atoms with Crippen LogP contribution in [0.25, 0.3) is 0 Å². The molecule has 0 aliphatic rings. The minimum Gasteiger partial charge on any atom is -0.747 e. The van der Waals surface area contributed by atoms with Gasteiger partial charge in [-0.2, -0.15) is 0 Å². The van der Waals surface area contributed by atoms with E-state index < -0.39 is 21.2 Å². The first-order valence-corrected chi connectivity index (χ1v) is 5.98. The SMILES string of the molecule is CCC(C(=O)c1ccccc1)S(=O)(=O)[O-].[Na+]. The molecule has 0 bridgehead atoms. The van der Waals surface area contributed by atoms with Gasteiger partial charge in [0.05, 0.1) is 0 Å². The molecule has 16 heavy (non-hydrogen) atoms.